The minimum absolute atomic E-state index is 0.0322. The first-order valence-electron chi connectivity index (χ1n) is 11.1. The van der Waals surface area contributed by atoms with Gasteiger partial charge in [-0.2, -0.15) is 0 Å². The van der Waals surface area contributed by atoms with Crippen LogP contribution in [0, 0.1) is 28.6 Å². The zero-order chi connectivity index (χ0) is 20.2. The Morgan fingerprint density at radius 1 is 1.34 bits per heavy atom. The quantitative estimate of drug-likeness (QED) is 0.776. The second-order valence-electron chi connectivity index (χ2n) is 9.54. The minimum atomic E-state index is -0.580. The fraction of sp³-hybridized carbons (Fsp3) is 0.783. The standard InChI is InChI=1S/C23H32O6/c1-14-15-4-5-19-22(20(25)26-2)7-3-8-23(19,21(29-13-22)28-11-9-24)17(15)12-18-16(14)6-10-27-18/h6,10,14-15,17,19,21,24H,3-5,7-9,11-13H2,1-2H3/t14-,15+,17+,19+,21-,22+,23?/m1/s1. The molecule has 3 aliphatic carbocycles. The number of hydrogen-bond acceptors (Lipinski definition) is 6. The molecule has 5 rings (SSSR count). The van der Waals surface area contributed by atoms with Crippen molar-refractivity contribution < 1.29 is 28.5 Å². The summed E-state index contributed by atoms with van der Waals surface area (Å²) in [7, 11) is 1.49. The molecule has 6 heteroatoms. The normalized spacial score (nSPS) is 43.1. The maximum atomic E-state index is 13.1. The van der Waals surface area contributed by atoms with Gasteiger partial charge in [0, 0.05) is 11.8 Å². The topological polar surface area (TPSA) is 78.1 Å². The largest absolute Gasteiger partial charge is 0.469 e. The molecule has 1 saturated heterocycles. The van der Waals surface area contributed by atoms with Gasteiger partial charge in [-0.15, -0.1) is 0 Å². The van der Waals surface area contributed by atoms with E-state index in [0.29, 0.717) is 24.4 Å². The molecule has 0 amide bonds. The van der Waals surface area contributed by atoms with E-state index in [-0.39, 0.29) is 30.5 Å². The van der Waals surface area contributed by atoms with Gasteiger partial charge < -0.3 is 23.7 Å². The van der Waals surface area contributed by atoms with Crippen LogP contribution < -0.4 is 0 Å². The summed E-state index contributed by atoms with van der Waals surface area (Å²) in [6.07, 6.45) is 7.15. The van der Waals surface area contributed by atoms with Gasteiger partial charge in [-0.05, 0) is 61.0 Å². The summed E-state index contributed by atoms with van der Waals surface area (Å²) in [6.45, 7) is 2.88. The van der Waals surface area contributed by atoms with E-state index in [1.165, 1.54) is 12.7 Å². The van der Waals surface area contributed by atoms with Crippen LogP contribution in [0.25, 0.3) is 0 Å². The Morgan fingerprint density at radius 2 is 2.21 bits per heavy atom. The molecule has 3 fully saturated rings. The van der Waals surface area contributed by atoms with E-state index in [4.69, 9.17) is 18.6 Å². The van der Waals surface area contributed by atoms with E-state index in [0.717, 1.165) is 44.3 Å². The molecule has 1 aromatic rings. The molecule has 2 bridgehead atoms. The lowest BCUT2D eigenvalue weighted by Crippen LogP contribution is -2.68. The van der Waals surface area contributed by atoms with Crippen LogP contribution in [-0.4, -0.2) is 44.3 Å². The number of ether oxygens (including phenoxy) is 3. The number of aliphatic hydroxyl groups is 1. The van der Waals surface area contributed by atoms with Crippen LogP contribution in [0.15, 0.2) is 16.7 Å². The number of aliphatic hydroxyl groups excluding tert-OH is 1. The van der Waals surface area contributed by atoms with Gasteiger partial charge in [-0.1, -0.05) is 13.3 Å². The van der Waals surface area contributed by atoms with Gasteiger partial charge in [-0.25, -0.2) is 0 Å². The molecule has 29 heavy (non-hydrogen) atoms. The lowest BCUT2D eigenvalue weighted by atomic mass is 9.41. The first-order valence-corrected chi connectivity index (χ1v) is 11.1. The molecule has 160 valence electrons. The molecule has 1 unspecified atom stereocenters. The predicted molar refractivity (Wildman–Crippen MR) is 104 cm³/mol. The Kier molecular flexibility index (Phi) is 4.80. The van der Waals surface area contributed by atoms with Crippen molar-refractivity contribution in [3.63, 3.8) is 0 Å². The summed E-state index contributed by atoms with van der Waals surface area (Å²) in [6, 6.07) is 2.12. The van der Waals surface area contributed by atoms with Gasteiger partial charge >= 0.3 is 5.97 Å². The molecule has 0 radical (unpaired) electrons. The van der Waals surface area contributed by atoms with Crippen LogP contribution in [-0.2, 0) is 25.4 Å². The number of rotatable bonds is 4. The lowest BCUT2D eigenvalue weighted by molar-refractivity contribution is -0.333. The van der Waals surface area contributed by atoms with Gasteiger partial charge in [0.25, 0.3) is 0 Å². The number of carbonyl (C=O) groups is 1. The van der Waals surface area contributed by atoms with Gasteiger partial charge in [0.1, 0.15) is 5.76 Å². The van der Waals surface area contributed by atoms with Gasteiger partial charge in [0.05, 0.1) is 38.6 Å². The number of fused-ring (bicyclic) bond motifs is 2. The zero-order valence-electron chi connectivity index (χ0n) is 17.4. The number of hydrogen-bond donors (Lipinski definition) is 1. The van der Waals surface area contributed by atoms with Crippen molar-refractivity contribution >= 4 is 5.97 Å². The molecule has 7 atom stereocenters. The highest BCUT2D eigenvalue weighted by Crippen LogP contribution is 2.69. The van der Waals surface area contributed by atoms with E-state index in [1.54, 1.807) is 0 Å². The van der Waals surface area contributed by atoms with Crippen LogP contribution in [0.4, 0.5) is 0 Å². The molecular weight excluding hydrogens is 372 g/mol. The molecule has 0 aromatic carbocycles. The third-order valence-electron chi connectivity index (χ3n) is 8.75. The van der Waals surface area contributed by atoms with E-state index < -0.39 is 11.7 Å². The first-order chi connectivity index (χ1) is 14.1. The third-order valence-corrected chi connectivity index (χ3v) is 8.75. The van der Waals surface area contributed by atoms with E-state index >= 15 is 0 Å². The highest BCUT2D eigenvalue weighted by molar-refractivity contribution is 5.78. The van der Waals surface area contributed by atoms with E-state index in [2.05, 4.69) is 13.0 Å². The van der Waals surface area contributed by atoms with Crippen molar-refractivity contribution in [3.8, 4) is 0 Å². The Morgan fingerprint density at radius 3 is 3.00 bits per heavy atom. The highest BCUT2D eigenvalue weighted by atomic mass is 16.7. The number of methoxy groups -OCH3 is 1. The second kappa shape index (κ2) is 7.10. The molecule has 4 aliphatic rings. The van der Waals surface area contributed by atoms with Crippen molar-refractivity contribution in [2.24, 2.45) is 28.6 Å². The Balaban J connectivity index is 1.61. The molecular formula is C23H32O6. The van der Waals surface area contributed by atoms with Crippen molar-refractivity contribution in [1.82, 2.24) is 0 Å². The summed E-state index contributed by atoms with van der Waals surface area (Å²) in [4.78, 5) is 13.1. The number of esters is 1. The number of carbonyl (C=O) groups excluding carboxylic acids is 1. The molecule has 1 aromatic heterocycles. The Bertz CT molecular complexity index is 773. The smallest absolute Gasteiger partial charge is 0.314 e. The van der Waals surface area contributed by atoms with Crippen molar-refractivity contribution in [1.29, 1.82) is 0 Å². The zero-order valence-corrected chi connectivity index (χ0v) is 17.4. The SMILES string of the molecule is COC(=O)[C@@]12CCCC3([C@H](OCCO)OC1)[C@H]2CC[C@H]1[C@@H](C)c2ccoc2C[C@@H]13. The minimum Gasteiger partial charge on any atom is -0.469 e. The fourth-order valence-corrected chi connectivity index (χ4v) is 7.69. The maximum Gasteiger partial charge on any atom is 0.314 e. The van der Waals surface area contributed by atoms with Gasteiger partial charge in [0.2, 0.25) is 0 Å². The third kappa shape index (κ3) is 2.55. The van der Waals surface area contributed by atoms with Crippen molar-refractivity contribution in [2.75, 3.05) is 26.9 Å². The fourth-order valence-electron chi connectivity index (χ4n) is 7.69. The summed E-state index contributed by atoms with van der Waals surface area (Å²) in [5.41, 5.74) is 0.506. The van der Waals surface area contributed by atoms with Crippen LogP contribution in [0.1, 0.15) is 56.3 Å². The van der Waals surface area contributed by atoms with E-state index in [9.17, 15) is 9.90 Å². The van der Waals surface area contributed by atoms with Crippen LogP contribution in [0.2, 0.25) is 0 Å². The Hall–Kier alpha value is -1.37. The lowest BCUT2D eigenvalue weighted by Gasteiger charge is -2.66. The van der Waals surface area contributed by atoms with Crippen LogP contribution >= 0.6 is 0 Å². The van der Waals surface area contributed by atoms with Crippen molar-refractivity contribution in [2.45, 2.75) is 57.7 Å². The Labute approximate surface area is 171 Å². The summed E-state index contributed by atoms with van der Waals surface area (Å²) in [5, 5.41) is 9.40. The molecule has 1 N–H and O–H groups in total. The second-order valence-corrected chi connectivity index (χ2v) is 9.54. The first kappa shape index (κ1) is 19.6. The predicted octanol–water partition coefficient (Wildman–Crippen LogP) is 3.28. The average molecular weight is 405 g/mol. The van der Waals surface area contributed by atoms with Crippen LogP contribution in [0.5, 0.6) is 0 Å². The average Bonchev–Trinajstić information content (AvgIpc) is 3.21. The highest BCUT2D eigenvalue weighted by Gasteiger charge is 2.70. The van der Waals surface area contributed by atoms with Gasteiger partial charge in [-0.3, -0.25) is 4.79 Å². The number of furan rings is 1. The summed E-state index contributed by atoms with van der Waals surface area (Å²) < 4.78 is 23.7. The summed E-state index contributed by atoms with van der Waals surface area (Å²) in [5.74, 6) is 2.41. The molecule has 0 spiro atoms. The monoisotopic (exact) mass is 404 g/mol. The van der Waals surface area contributed by atoms with Crippen molar-refractivity contribution in [3.05, 3.63) is 23.7 Å². The van der Waals surface area contributed by atoms with E-state index in [1.807, 2.05) is 6.26 Å². The summed E-state index contributed by atoms with van der Waals surface area (Å²) >= 11 is 0. The molecule has 2 saturated carbocycles. The molecule has 2 heterocycles. The van der Waals surface area contributed by atoms with Crippen LogP contribution in [0.3, 0.4) is 0 Å². The maximum absolute atomic E-state index is 13.1. The molecule has 1 aliphatic heterocycles. The van der Waals surface area contributed by atoms with Gasteiger partial charge in [0.15, 0.2) is 6.29 Å². The molecule has 6 nitrogen and oxygen atoms in total.